The van der Waals surface area contributed by atoms with Gasteiger partial charge in [-0.1, -0.05) is 0 Å². The van der Waals surface area contributed by atoms with Crippen molar-refractivity contribution in [2.24, 2.45) is 0 Å². The Hall–Kier alpha value is -2.30. The molecule has 0 aliphatic heterocycles. The third-order valence-corrected chi connectivity index (χ3v) is 3.82. The molecule has 0 saturated carbocycles. The largest absolute Gasteiger partial charge is 0.497 e. The van der Waals surface area contributed by atoms with Gasteiger partial charge in [0.05, 0.1) is 19.8 Å². The molecule has 0 amide bonds. The maximum absolute atomic E-state index is 5.45. The molecule has 1 aliphatic carbocycles. The van der Waals surface area contributed by atoms with Gasteiger partial charge >= 0.3 is 0 Å². The maximum Gasteiger partial charge on any atom is 0.165 e. The number of rotatable bonds is 4. The number of fused-ring (bicyclic) bond motifs is 1. The van der Waals surface area contributed by atoms with Crippen LogP contribution in [0.25, 0.3) is 11.4 Å². The summed E-state index contributed by atoms with van der Waals surface area (Å²) in [7, 11) is 5.18. The lowest BCUT2D eigenvalue weighted by Gasteiger charge is -2.12. The molecule has 0 fully saturated rings. The van der Waals surface area contributed by atoms with Crippen LogP contribution in [0.1, 0.15) is 17.7 Å². The fourth-order valence-corrected chi connectivity index (χ4v) is 2.74. The van der Waals surface area contributed by atoms with Crippen molar-refractivity contribution < 1.29 is 9.47 Å². The molecule has 0 atom stereocenters. The van der Waals surface area contributed by atoms with E-state index in [1.165, 1.54) is 5.56 Å². The molecule has 5 heteroatoms. The minimum absolute atomic E-state index is 0.694. The average molecular weight is 285 g/mol. The molecule has 0 unspecified atom stereocenters. The molecule has 0 spiro atoms. The van der Waals surface area contributed by atoms with Crippen molar-refractivity contribution in [2.75, 3.05) is 26.6 Å². The van der Waals surface area contributed by atoms with Crippen LogP contribution in [0.3, 0.4) is 0 Å². The monoisotopic (exact) mass is 285 g/mol. The van der Waals surface area contributed by atoms with Gasteiger partial charge in [-0.25, -0.2) is 9.97 Å². The quantitative estimate of drug-likeness (QED) is 0.936. The molecule has 1 aromatic heterocycles. The Labute approximate surface area is 124 Å². The van der Waals surface area contributed by atoms with Crippen LogP contribution in [0.4, 0.5) is 5.82 Å². The highest BCUT2D eigenvalue weighted by Crippen LogP contribution is 2.34. The van der Waals surface area contributed by atoms with Gasteiger partial charge in [0.15, 0.2) is 5.82 Å². The van der Waals surface area contributed by atoms with Crippen LogP contribution in [-0.4, -0.2) is 31.2 Å². The van der Waals surface area contributed by atoms with Crippen molar-refractivity contribution in [3.63, 3.8) is 0 Å². The molecule has 0 bridgehead atoms. The van der Waals surface area contributed by atoms with Gasteiger partial charge in [-0.3, -0.25) is 0 Å². The van der Waals surface area contributed by atoms with Crippen LogP contribution >= 0.6 is 0 Å². The van der Waals surface area contributed by atoms with Crippen LogP contribution in [0.2, 0.25) is 0 Å². The molecule has 21 heavy (non-hydrogen) atoms. The van der Waals surface area contributed by atoms with Crippen LogP contribution < -0.4 is 14.8 Å². The van der Waals surface area contributed by atoms with E-state index in [0.29, 0.717) is 11.6 Å². The van der Waals surface area contributed by atoms with Crippen molar-refractivity contribution in [3.8, 4) is 22.9 Å². The maximum atomic E-state index is 5.45. The van der Waals surface area contributed by atoms with Gasteiger partial charge in [0, 0.05) is 24.4 Å². The smallest absolute Gasteiger partial charge is 0.165 e. The Balaban J connectivity index is 2.12. The number of ether oxygens (including phenoxy) is 2. The number of hydrogen-bond donors (Lipinski definition) is 1. The average Bonchev–Trinajstić information content (AvgIpc) is 3.01. The molecule has 0 radical (unpaired) electrons. The number of benzene rings is 1. The third kappa shape index (κ3) is 2.39. The Kier molecular flexibility index (Phi) is 3.64. The number of nitrogens with one attached hydrogen (secondary N) is 1. The van der Waals surface area contributed by atoms with Crippen molar-refractivity contribution in [1.29, 1.82) is 0 Å². The SMILES string of the molecule is CNc1nc(-c2ccc(OC)cc2OC)nc2c1CCC2. The van der Waals surface area contributed by atoms with Gasteiger partial charge in [0.1, 0.15) is 17.3 Å². The number of hydrogen-bond acceptors (Lipinski definition) is 5. The van der Waals surface area contributed by atoms with Crippen molar-refractivity contribution in [3.05, 3.63) is 29.5 Å². The summed E-state index contributed by atoms with van der Waals surface area (Å²) in [6.45, 7) is 0. The topological polar surface area (TPSA) is 56.3 Å². The van der Waals surface area contributed by atoms with E-state index in [9.17, 15) is 0 Å². The summed E-state index contributed by atoms with van der Waals surface area (Å²) in [6.07, 6.45) is 3.20. The predicted molar refractivity (Wildman–Crippen MR) is 82.1 cm³/mol. The molecule has 110 valence electrons. The molecule has 1 aromatic carbocycles. The van der Waals surface area contributed by atoms with Crippen molar-refractivity contribution in [2.45, 2.75) is 19.3 Å². The lowest BCUT2D eigenvalue weighted by Crippen LogP contribution is -2.04. The molecule has 0 saturated heterocycles. The van der Waals surface area contributed by atoms with Gasteiger partial charge in [-0.2, -0.15) is 0 Å². The molecular formula is C16H19N3O2. The van der Waals surface area contributed by atoms with Gasteiger partial charge in [-0.05, 0) is 31.4 Å². The number of aromatic nitrogens is 2. The molecular weight excluding hydrogens is 266 g/mol. The fraction of sp³-hybridized carbons (Fsp3) is 0.375. The van der Waals surface area contributed by atoms with Gasteiger partial charge in [0.25, 0.3) is 0 Å². The zero-order valence-electron chi connectivity index (χ0n) is 12.6. The fourth-order valence-electron chi connectivity index (χ4n) is 2.74. The highest BCUT2D eigenvalue weighted by Gasteiger charge is 2.20. The second-order valence-electron chi connectivity index (χ2n) is 4.99. The molecule has 2 aromatic rings. The number of anilines is 1. The first-order valence-corrected chi connectivity index (χ1v) is 7.06. The molecule has 5 nitrogen and oxygen atoms in total. The normalized spacial score (nSPS) is 12.9. The Morgan fingerprint density at radius 2 is 1.95 bits per heavy atom. The predicted octanol–water partition coefficient (Wildman–Crippen LogP) is 2.69. The van der Waals surface area contributed by atoms with Gasteiger partial charge in [0.2, 0.25) is 0 Å². The van der Waals surface area contributed by atoms with Crippen molar-refractivity contribution in [1.82, 2.24) is 9.97 Å². The Morgan fingerprint density at radius 1 is 1.10 bits per heavy atom. The number of nitrogens with zero attached hydrogens (tertiary/aromatic N) is 2. The zero-order chi connectivity index (χ0) is 14.8. The van der Waals surface area contributed by atoms with Gasteiger partial charge < -0.3 is 14.8 Å². The van der Waals surface area contributed by atoms with E-state index in [4.69, 9.17) is 14.5 Å². The Bertz CT molecular complexity index is 671. The van der Waals surface area contributed by atoms with E-state index in [0.717, 1.165) is 42.1 Å². The first kappa shape index (κ1) is 13.7. The number of methoxy groups -OCH3 is 2. The van der Waals surface area contributed by atoms with E-state index < -0.39 is 0 Å². The molecule has 3 rings (SSSR count). The summed E-state index contributed by atoms with van der Waals surface area (Å²) in [4.78, 5) is 9.38. The van der Waals surface area contributed by atoms with E-state index >= 15 is 0 Å². The summed E-state index contributed by atoms with van der Waals surface area (Å²) in [5.74, 6) is 3.09. The summed E-state index contributed by atoms with van der Waals surface area (Å²) in [5.41, 5.74) is 3.26. The van der Waals surface area contributed by atoms with Gasteiger partial charge in [-0.15, -0.1) is 0 Å². The zero-order valence-corrected chi connectivity index (χ0v) is 12.6. The summed E-state index contributed by atoms with van der Waals surface area (Å²) in [5, 5.41) is 3.18. The molecule has 1 N–H and O–H groups in total. The van der Waals surface area contributed by atoms with Crippen LogP contribution in [0.15, 0.2) is 18.2 Å². The first-order valence-electron chi connectivity index (χ1n) is 7.06. The number of aryl methyl sites for hydroxylation is 1. The highest BCUT2D eigenvalue weighted by atomic mass is 16.5. The second kappa shape index (κ2) is 5.60. The van der Waals surface area contributed by atoms with E-state index in [2.05, 4.69) is 10.3 Å². The first-order chi connectivity index (χ1) is 10.3. The van der Waals surface area contributed by atoms with E-state index in [1.54, 1.807) is 14.2 Å². The molecule has 1 heterocycles. The second-order valence-corrected chi connectivity index (χ2v) is 4.99. The Morgan fingerprint density at radius 3 is 2.67 bits per heavy atom. The summed E-state index contributed by atoms with van der Waals surface area (Å²) >= 11 is 0. The third-order valence-electron chi connectivity index (χ3n) is 3.82. The molecule has 1 aliphatic rings. The van der Waals surface area contributed by atoms with Crippen molar-refractivity contribution >= 4 is 5.82 Å². The minimum Gasteiger partial charge on any atom is -0.497 e. The van der Waals surface area contributed by atoms with Crippen LogP contribution in [0, 0.1) is 0 Å². The lowest BCUT2D eigenvalue weighted by molar-refractivity contribution is 0.395. The van der Waals surface area contributed by atoms with Crippen LogP contribution in [0.5, 0.6) is 11.5 Å². The summed E-state index contributed by atoms with van der Waals surface area (Å²) < 4.78 is 10.7. The highest BCUT2D eigenvalue weighted by molar-refractivity contribution is 5.68. The summed E-state index contributed by atoms with van der Waals surface area (Å²) in [6, 6.07) is 5.69. The lowest BCUT2D eigenvalue weighted by atomic mass is 10.1. The van der Waals surface area contributed by atoms with E-state index in [-0.39, 0.29) is 0 Å². The standard InChI is InChI=1S/C16H19N3O2/c1-17-15-11-5-4-6-13(11)18-16(19-15)12-8-7-10(20-2)9-14(12)21-3/h7-9H,4-6H2,1-3H3,(H,17,18,19). The minimum atomic E-state index is 0.694. The van der Waals surface area contributed by atoms with E-state index in [1.807, 2.05) is 25.2 Å². The van der Waals surface area contributed by atoms with Crippen LogP contribution in [-0.2, 0) is 12.8 Å².